The summed E-state index contributed by atoms with van der Waals surface area (Å²) in [7, 11) is 1.88. The van der Waals surface area contributed by atoms with Crippen LogP contribution in [0.15, 0.2) is 66.9 Å². The van der Waals surface area contributed by atoms with Crippen molar-refractivity contribution in [3.8, 4) is 0 Å². The summed E-state index contributed by atoms with van der Waals surface area (Å²) in [6.45, 7) is 0.661. The largest absolute Gasteiger partial charge is 0.335 e. The molecule has 0 saturated carbocycles. The van der Waals surface area contributed by atoms with Gasteiger partial charge >= 0.3 is 0 Å². The van der Waals surface area contributed by atoms with Gasteiger partial charge in [0.05, 0.1) is 18.8 Å². The van der Waals surface area contributed by atoms with Crippen LogP contribution in [0.25, 0.3) is 6.08 Å². The first-order chi connectivity index (χ1) is 13.7. The van der Waals surface area contributed by atoms with Crippen molar-refractivity contribution in [1.29, 1.82) is 0 Å². The molecule has 5 heteroatoms. The van der Waals surface area contributed by atoms with E-state index in [4.69, 9.17) is 0 Å². The number of carbonyl (C=O) groups is 1. The first-order valence-electron chi connectivity index (χ1n) is 9.67. The Balaban J connectivity index is 1.42. The normalized spacial score (nSPS) is 16.1. The van der Waals surface area contributed by atoms with E-state index in [-0.39, 0.29) is 11.9 Å². The van der Waals surface area contributed by atoms with E-state index in [0.717, 1.165) is 24.8 Å². The number of aryl methyl sites for hydroxylation is 1. The highest BCUT2D eigenvalue weighted by molar-refractivity contribution is 5.91. The van der Waals surface area contributed by atoms with Crippen LogP contribution in [0.5, 0.6) is 0 Å². The fourth-order valence-corrected chi connectivity index (χ4v) is 3.80. The number of benzene rings is 2. The highest BCUT2D eigenvalue weighted by atomic mass is 16.2. The molecule has 0 aliphatic heterocycles. The van der Waals surface area contributed by atoms with Crippen molar-refractivity contribution in [2.45, 2.75) is 31.8 Å². The minimum atomic E-state index is -0.0145. The second-order valence-electron chi connectivity index (χ2n) is 7.22. The Morgan fingerprint density at radius 2 is 1.96 bits per heavy atom. The first kappa shape index (κ1) is 18.2. The van der Waals surface area contributed by atoms with Gasteiger partial charge in [-0.15, -0.1) is 5.10 Å². The number of nitrogens with zero attached hydrogens (tertiary/aromatic N) is 4. The van der Waals surface area contributed by atoms with Crippen molar-refractivity contribution in [1.82, 2.24) is 19.9 Å². The zero-order valence-electron chi connectivity index (χ0n) is 16.0. The molecule has 1 aliphatic carbocycles. The predicted octanol–water partition coefficient (Wildman–Crippen LogP) is 3.88. The van der Waals surface area contributed by atoms with E-state index in [1.807, 2.05) is 36.3 Å². The topological polar surface area (TPSA) is 51.0 Å². The molecule has 1 aliphatic rings. The van der Waals surface area contributed by atoms with Crippen LogP contribution in [0, 0.1) is 0 Å². The molecular weight excluding hydrogens is 348 g/mol. The molecule has 28 heavy (non-hydrogen) atoms. The molecular formula is C23H24N4O. The summed E-state index contributed by atoms with van der Waals surface area (Å²) in [5, 5.41) is 8.29. The molecule has 5 nitrogen and oxygen atoms in total. The number of carbonyl (C=O) groups excluding carboxylic acids is 1. The lowest BCUT2D eigenvalue weighted by molar-refractivity contribution is -0.127. The molecule has 1 amide bonds. The van der Waals surface area contributed by atoms with Crippen molar-refractivity contribution in [3.05, 3.63) is 89.3 Å². The summed E-state index contributed by atoms with van der Waals surface area (Å²) in [6, 6.07) is 18.7. The number of hydrogen-bond acceptors (Lipinski definition) is 3. The molecule has 2 aromatic carbocycles. The molecule has 1 atom stereocenters. The molecule has 3 aromatic rings. The van der Waals surface area contributed by atoms with Gasteiger partial charge in [0, 0.05) is 13.1 Å². The molecule has 142 valence electrons. The van der Waals surface area contributed by atoms with Gasteiger partial charge in [-0.3, -0.25) is 4.79 Å². The third kappa shape index (κ3) is 4.03. The van der Waals surface area contributed by atoms with E-state index in [0.29, 0.717) is 12.2 Å². The van der Waals surface area contributed by atoms with Crippen LogP contribution in [0.4, 0.5) is 0 Å². The van der Waals surface area contributed by atoms with Crippen LogP contribution in [0.1, 0.15) is 41.3 Å². The lowest BCUT2D eigenvalue weighted by atomic mass is 9.87. The second kappa shape index (κ2) is 8.21. The third-order valence-corrected chi connectivity index (χ3v) is 5.29. The van der Waals surface area contributed by atoms with Crippen LogP contribution in [0.2, 0.25) is 0 Å². The minimum absolute atomic E-state index is 0.0145. The zero-order valence-corrected chi connectivity index (χ0v) is 16.0. The molecule has 1 aromatic heterocycles. The van der Waals surface area contributed by atoms with Gasteiger partial charge in [0.25, 0.3) is 0 Å². The zero-order chi connectivity index (χ0) is 19.3. The molecule has 0 radical (unpaired) electrons. The SMILES string of the molecule is CN(C(=O)/C=C/c1cn(Cc2ccccc2)nn1)[C@H]1CCCc2ccccc21. The summed E-state index contributed by atoms with van der Waals surface area (Å²) in [5.74, 6) is -0.0145. The van der Waals surface area contributed by atoms with Gasteiger partial charge in [-0.25, -0.2) is 4.68 Å². The Hall–Kier alpha value is -3.21. The number of amides is 1. The summed E-state index contributed by atoms with van der Waals surface area (Å²) in [4.78, 5) is 14.5. The predicted molar refractivity (Wildman–Crippen MR) is 109 cm³/mol. The summed E-state index contributed by atoms with van der Waals surface area (Å²) in [6.07, 6.45) is 8.38. The molecule has 0 spiro atoms. The van der Waals surface area contributed by atoms with E-state index < -0.39 is 0 Å². The minimum Gasteiger partial charge on any atom is -0.335 e. The highest BCUT2D eigenvalue weighted by Crippen LogP contribution is 2.33. The van der Waals surface area contributed by atoms with Crippen molar-refractivity contribution >= 4 is 12.0 Å². The van der Waals surface area contributed by atoms with Crippen molar-refractivity contribution < 1.29 is 4.79 Å². The number of fused-ring (bicyclic) bond motifs is 1. The van der Waals surface area contributed by atoms with E-state index in [2.05, 4.69) is 46.7 Å². The van der Waals surface area contributed by atoms with Crippen molar-refractivity contribution in [3.63, 3.8) is 0 Å². The van der Waals surface area contributed by atoms with Crippen molar-refractivity contribution in [2.24, 2.45) is 0 Å². The Bertz CT molecular complexity index is 977. The Labute approximate surface area is 165 Å². The van der Waals surface area contributed by atoms with Gasteiger partial charge < -0.3 is 4.90 Å². The average Bonchev–Trinajstić information content (AvgIpc) is 3.19. The van der Waals surface area contributed by atoms with Crippen molar-refractivity contribution in [2.75, 3.05) is 7.05 Å². The quantitative estimate of drug-likeness (QED) is 0.639. The lowest BCUT2D eigenvalue weighted by Crippen LogP contribution is -2.32. The molecule has 1 heterocycles. The van der Waals surface area contributed by atoms with E-state index in [1.54, 1.807) is 16.8 Å². The third-order valence-electron chi connectivity index (χ3n) is 5.29. The molecule has 0 N–H and O–H groups in total. The van der Waals surface area contributed by atoms with Gasteiger partial charge in [0.15, 0.2) is 0 Å². The van der Waals surface area contributed by atoms with Gasteiger partial charge in [0.1, 0.15) is 5.69 Å². The van der Waals surface area contributed by atoms with Crippen LogP contribution >= 0.6 is 0 Å². The van der Waals surface area contributed by atoms with Gasteiger partial charge in [-0.1, -0.05) is 59.8 Å². The summed E-state index contributed by atoms with van der Waals surface area (Å²) < 4.78 is 1.78. The number of aromatic nitrogens is 3. The van der Waals surface area contributed by atoms with Crippen LogP contribution in [-0.4, -0.2) is 32.8 Å². The molecule has 0 fully saturated rings. The molecule has 0 saturated heterocycles. The van der Waals surface area contributed by atoms with Crippen LogP contribution in [0.3, 0.4) is 0 Å². The average molecular weight is 372 g/mol. The fraction of sp³-hybridized carbons (Fsp3) is 0.261. The molecule has 0 unspecified atom stereocenters. The highest BCUT2D eigenvalue weighted by Gasteiger charge is 2.25. The van der Waals surface area contributed by atoms with Gasteiger partial charge in [-0.05, 0) is 42.0 Å². The molecule has 0 bridgehead atoms. The Kier molecular flexibility index (Phi) is 5.33. The number of rotatable bonds is 5. The summed E-state index contributed by atoms with van der Waals surface area (Å²) in [5.41, 5.74) is 4.47. The first-order valence-corrected chi connectivity index (χ1v) is 9.67. The van der Waals surface area contributed by atoms with E-state index in [1.165, 1.54) is 11.1 Å². The number of likely N-dealkylation sites (N-methyl/N-ethyl adjacent to an activating group) is 1. The monoisotopic (exact) mass is 372 g/mol. The Morgan fingerprint density at radius 1 is 1.18 bits per heavy atom. The lowest BCUT2D eigenvalue weighted by Gasteiger charge is -2.32. The maximum atomic E-state index is 12.7. The molecule has 4 rings (SSSR count). The van der Waals surface area contributed by atoms with E-state index >= 15 is 0 Å². The Morgan fingerprint density at radius 3 is 2.82 bits per heavy atom. The van der Waals surface area contributed by atoms with E-state index in [9.17, 15) is 4.79 Å². The smallest absolute Gasteiger partial charge is 0.246 e. The maximum Gasteiger partial charge on any atom is 0.246 e. The second-order valence-corrected chi connectivity index (χ2v) is 7.22. The number of hydrogen-bond donors (Lipinski definition) is 0. The fourth-order valence-electron chi connectivity index (χ4n) is 3.80. The standard InChI is InChI=1S/C23H24N4O/c1-26(22-13-7-11-19-10-5-6-12-21(19)22)23(28)15-14-20-17-27(25-24-20)16-18-8-3-2-4-9-18/h2-6,8-10,12,14-15,17,22H,7,11,13,16H2,1H3/b15-14+/t22-/m0/s1. The van der Waals surface area contributed by atoms with Gasteiger partial charge in [-0.2, -0.15) is 0 Å². The maximum absolute atomic E-state index is 12.7. The van der Waals surface area contributed by atoms with Crippen LogP contribution < -0.4 is 0 Å². The van der Waals surface area contributed by atoms with Crippen LogP contribution in [-0.2, 0) is 17.8 Å². The van der Waals surface area contributed by atoms with Gasteiger partial charge in [0.2, 0.25) is 5.91 Å². The summed E-state index contributed by atoms with van der Waals surface area (Å²) >= 11 is 0.